The monoisotopic (exact) mass is 348 g/mol. The Kier molecular flexibility index (Phi) is 5.67. The van der Waals surface area contributed by atoms with Crippen LogP contribution < -0.4 is 14.8 Å². The molecular weight excluding hydrogens is 328 g/mol. The molecule has 0 radical (unpaired) electrons. The normalized spacial score (nSPS) is 11.0. The number of nitrogens with one attached hydrogen (secondary N) is 1. The van der Waals surface area contributed by atoms with Crippen LogP contribution in [0.3, 0.4) is 0 Å². The van der Waals surface area contributed by atoms with Gasteiger partial charge in [-0.05, 0) is 38.1 Å². The van der Waals surface area contributed by atoms with Gasteiger partial charge in [0.1, 0.15) is 11.5 Å². The molecule has 0 atom stereocenters. The fourth-order valence-electron chi connectivity index (χ4n) is 2.48. The Bertz CT molecular complexity index is 692. The van der Waals surface area contributed by atoms with Crippen molar-refractivity contribution in [3.8, 4) is 11.5 Å². The van der Waals surface area contributed by atoms with Gasteiger partial charge in [-0.15, -0.1) is 0 Å². The third kappa shape index (κ3) is 4.17. The maximum absolute atomic E-state index is 12.5. The van der Waals surface area contributed by atoms with Crippen molar-refractivity contribution in [2.24, 2.45) is 0 Å². The number of halogens is 1. The Labute approximate surface area is 147 Å². The lowest BCUT2D eigenvalue weighted by molar-refractivity contribution is -0.122. The van der Waals surface area contributed by atoms with E-state index in [1.807, 2.05) is 32.0 Å². The maximum atomic E-state index is 12.5. The molecule has 6 heteroatoms. The van der Waals surface area contributed by atoms with E-state index in [4.69, 9.17) is 21.1 Å². The zero-order valence-corrected chi connectivity index (χ0v) is 15.0. The molecule has 0 aliphatic carbocycles. The second-order valence-corrected chi connectivity index (χ2v) is 6.29. The summed E-state index contributed by atoms with van der Waals surface area (Å²) in [5.74, 6) is 0.875. The minimum atomic E-state index is -0.592. The summed E-state index contributed by atoms with van der Waals surface area (Å²) in [6.07, 6.45) is 1.81. The summed E-state index contributed by atoms with van der Waals surface area (Å²) in [5.41, 5.74) is 0.845. The lowest BCUT2D eigenvalue weighted by atomic mass is 9.99. The highest BCUT2D eigenvalue weighted by atomic mass is 35.5. The number of pyridine rings is 1. The van der Waals surface area contributed by atoms with Crippen molar-refractivity contribution in [2.75, 3.05) is 14.2 Å². The fraction of sp³-hybridized carbons (Fsp3) is 0.333. The Morgan fingerprint density at radius 2 is 1.83 bits per heavy atom. The van der Waals surface area contributed by atoms with Crippen molar-refractivity contribution < 1.29 is 14.3 Å². The average Bonchev–Trinajstić information content (AvgIpc) is 2.56. The molecule has 0 aliphatic rings. The number of ether oxygens (including phenoxy) is 2. The number of benzene rings is 1. The Hall–Kier alpha value is -2.27. The van der Waals surface area contributed by atoms with Crippen LogP contribution in [0, 0.1) is 0 Å². The minimum absolute atomic E-state index is 0.111. The van der Waals surface area contributed by atoms with Gasteiger partial charge in [0.25, 0.3) is 0 Å². The van der Waals surface area contributed by atoms with Crippen LogP contribution in [0.15, 0.2) is 36.5 Å². The van der Waals surface area contributed by atoms with Gasteiger partial charge >= 0.3 is 0 Å². The SMILES string of the molecule is COc1cc(Cl)cc(OC)c1CC(=O)NC(C)(C)c1ccccn1. The summed E-state index contributed by atoms with van der Waals surface area (Å²) in [4.78, 5) is 16.8. The lowest BCUT2D eigenvalue weighted by Gasteiger charge is -2.26. The lowest BCUT2D eigenvalue weighted by Crippen LogP contribution is -2.42. The van der Waals surface area contributed by atoms with Crippen molar-refractivity contribution in [1.82, 2.24) is 10.3 Å². The van der Waals surface area contributed by atoms with Crippen LogP contribution in [0.1, 0.15) is 25.1 Å². The summed E-state index contributed by atoms with van der Waals surface area (Å²) in [7, 11) is 3.06. The number of carbonyl (C=O) groups is 1. The van der Waals surface area contributed by atoms with E-state index in [-0.39, 0.29) is 12.3 Å². The van der Waals surface area contributed by atoms with Gasteiger partial charge < -0.3 is 14.8 Å². The molecule has 0 saturated carbocycles. The molecule has 1 heterocycles. The van der Waals surface area contributed by atoms with Gasteiger partial charge in [0, 0.05) is 16.8 Å². The molecule has 128 valence electrons. The molecule has 0 unspecified atom stereocenters. The molecule has 2 aromatic rings. The molecule has 24 heavy (non-hydrogen) atoms. The predicted molar refractivity (Wildman–Crippen MR) is 93.7 cm³/mol. The number of rotatable bonds is 6. The largest absolute Gasteiger partial charge is 0.496 e. The Balaban J connectivity index is 2.21. The smallest absolute Gasteiger partial charge is 0.225 e. The summed E-state index contributed by atoms with van der Waals surface area (Å²) in [6, 6.07) is 8.93. The van der Waals surface area contributed by atoms with E-state index in [0.29, 0.717) is 22.1 Å². The van der Waals surface area contributed by atoms with Crippen LogP contribution in [0.5, 0.6) is 11.5 Å². The molecule has 0 aliphatic heterocycles. The van der Waals surface area contributed by atoms with E-state index in [1.165, 1.54) is 14.2 Å². The van der Waals surface area contributed by atoms with Crippen molar-refractivity contribution >= 4 is 17.5 Å². The van der Waals surface area contributed by atoms with Crippen LogP contribution in [0.4, 0.5) is 0 Å². The molecule has 2 rings (SSSR count). The number of hydrogen-bond donors (Lipinski definition) is 1. The second-order valence-electron chi connectivity index (χ2n) is 5.85. The molecule has 0 spiro atoms. The zero-order valence-electron chi connectivity index (χ0n) is 14.2. The second kappa shape index (κ2) is 7.53. The summed E-state index contributed by atoms with van der Waals surface area (Å²) in [6.45, 7) is 3.81. The van der Waals surface area contributed by atoms with Crippen molar-refractivity contribution in [3.63, 3.8) is 0 Å². The molecule has 0 bridgehead atoms. The first kappa shape index (κ1) is 18.1. The van der Waals surface area contributed by atoms with Gasteiger partial charge in [-0.1, -0.05) is 17.7 Å². The zero-order chi connectivity index (χ0) is 17.7. The summed E-state index contributed by atoms with van der Waals surface area (Å²) >= 11 is 6.03. The van der Waals surface area contributed by atoms with Gasteiger partial charge in [-0.2, -0.15) is 0 Å². The van der Waals surface area contributed by atoms with Crippen molar-refractivity contribution in [1.29, 1.82) is 0 Å². The number of nitrogens with zero attached hydrogens (tertiary/aromatic N) is 1. The molecule has 0 saturated heterocycles. The van der Waals surface area contributed by atoms with E-state index in [2.05, 4.69) is 10.3 Å². The first-order valence-electron chi connectivity index (χ1n) is 7.50. The van der Waals surface area contributed by atoms with E-state index < -0.39 is 5.54 Å². The van der Waals surface area contributed by atoms with Gasteiger partial charge in [-0.25, -0.2) is 0 Å². The van der Waals surface area contributed by atoms with Crippen molar-refractivity contribution in [2.45, 2.75) is 25.8 Å². The van der Waals surface area contributed by atoms with E-state index in [0.717, 1.165) is 5.69 Å². The molecule has 0 fully saturated rings. The molecule has 5 nitrogen and oxygen atoms in total. The number of methoxy groups -OCH3 is 2. The van der Waals surface area contributed by atoms with Gasteiger partial charge in [-0.3, -0.25) is 9.78 Å². The predicted octanol–water partition coefficient (Wildman–Crippen LogP) is 3.35. The Morgan fingerprint density at radius 3 is 2.33 bits per heavy atom. The van der Waals surface area contributed by atoms with Crippen LogP contribution in [0.2, 0.25) is 5.02 Å². The molecule has 1 aromatic carbocycles. The van der Waals surface area contributed by atoms with Gasteiger partial charge in [0.15, 0.2) is 0 Å². The first-order valence-corrected chi connectivity index (χ1v) is 7.88. The quantitative estimate of drug-likeness (QED) is 0.869. The van der Waals surface area contributed by atoms with Crippen LogP contribution in [0.25, 0.3) is 0 Å². The van der Waals surface area contributed by atoms with E-state index in [1.54, 1.807) is 18.3 Å². The maximum Gasteiger partial charge on any atom is 0.225 e. The average molecular weight is 349 g/mol. The van der Waals surface area contributed by atoms with Crippen LogP contribution in [-0.4, -0.2) is 25.1 Å². The first-order chi connectivity index (χ1) is 11.4. The summed E-state index contributed by atoms with van der Waals surface area (Å²) in [5, 5.41) is 3.48. The van der Waals surface area contributed by atoms with Gasteiger partial charge in [0.2, 0.25) is 5.91 Å². The molecular formula is C18H21ClN2O3. The van der Waals surface area contributed by atoms with E-state index in [9.17, 15) is 4.79 Å². The van der Waals surface area contributed by atoms with Crippen LogP contribution >= 0.6 is 11.6 Å². The number of hydrogen-bond acceptors (Lipinski definition) is 4. The molecule has 1 amide bonds. The van der Waals surface area contributed by atoms with E-state index >= 15 is 0 Å². The highest BCUT2D eigenvalue weighted by Gasteiger charge is 2.25. The Morgan fingerprint density at radius 1 is 1.21 bits per heavy atom. The molecule has 1 N–H and O–H groups in total. The summed E-state index contributed by atoms with van der Waals surface area (Å²) < 4.78 is 10.7. The van der Waals surface area contributed by atoms with Gasteiger partial charge in [0.05, 0.1) is 31.9 Å². The number of aromatic nitrogens is 1. The highest BCUT2D eigenvalue weighted by molar-refractivity contribution is 6.30. The van der Waals surface area contributed by atoms with Crippen molar-refractivity contribution in [3.05, 3.63) is 52.8 Å². The standard InChI is InChI=1S/C18H21ClN2O3/c1-18(2,16-7-5-6-8-20-16)21-17(22)11-13-14(23-3)9-12(19)10-15(13)24-4/h5-10H,11H2,1-4H3,(H,21,22). The third-order valence-electron chi connectivity index (χ3n) is 3.67. The minimum Gasteiger partial charge on any atom is -0.496 e. The number of amides is 1. The van der Waals surface area contributed by atoms with Crippen LogP contribution in [-0.2, 0) is 16.8 Å². The topological polar surface area (TPSA) is 60.5 Å². The fourth-order valence-corrected chi connectivity index (χ4v) is 2.67. The third-order valence-corrected chi connectivity index (χ3v) is 3.89. The molecule has 1 aromatic heterocycles. The highest BCUT2D eigenvalue weighted by Crippen LogP contribution is 2.33. The number of carbonyl (C=O) groups excluding carboxylic acids is 1.